The Bertz CT molecular complexity index is 796. The van der Waals surface area contributed by atoms with E-state index in [1.165, 1.54) is 0 Å². The largest absolute Gasteiger partial charge is 0.341 e. The summed E-state index contributed by atoms with van der Waals surface area (Å²) in [6.07, 6.45) is 7.10. The third kappa shape index (κ3) is 3.19. The molecule has 2 aromatic rings. The topological polar surface area (TPSA) is 66.4 Å². The predicted molar refractivity (Wildman–Crippen MR) is 95.8 cm³/mol. The van der Waals surface area contributed by atoms with Crippen LogP contribution in [0.4, 0.5) is 0 Å². The van der Waals surface area contributed by atoms with Crippen molar-refractivity contribution in [1.82, 2.24) is 19.8 Å². The van der Waals surface area contributed by atoms with E-state index in [1.54, 1.807) is 18.6 Å². The van der Waals surface area contributed by atoms with Gasteiger partial charge in [0.05, 0.1) is 11.8 Å². The molecule has 2 aliphatic rings. The van der Waals surface area contributed by atoms with Gasteiger partial charge in [-0.05, 0) is 36.6 Å². The van der Waals surface area contributed by atoms with Crippen molar-refractivity contribution in [2.75, 3.05) is 19.6 Å². The molecule has 0 bridgehead atoms. The fourth-order valence-corrected chi connectivity index (χ4v) is 3.99. The summed E-state index contributed by atoms with van der Waals surface area (Å²) in [5, 5.41) is 0. The van der Waals surface area contributed by atoms with Crippen LogP contribution < -0.4 is 0 Å². The highest BCUT2D eigenvalue weighted by atomic mass is 16.2. The van der Waals surface area contributed by atoms with Crippen molar-refractivity contribution >= 4 is 11.8 Å². The maximum absolute atomic E-state index is 13.0. The van der Waals surface area contributed by atoms with Crippen LogP contribution in [0.15, 0.2) is 48.9 Å². The quantitative estimate of drug-likeness (QED) is 0.841. The third-order valence-electron chi connectivity index (χ3n) is 5.46. The summed E-state index contributed by atoms with van der Waals surface area (Å²) in [6.45, 7) is 2.52. The number of likely N-dealkylation sites (tertiary alicyclic amines) is 2. The number of amides is 2. The standard InChI is InChI=1S/C20H22N4O2/c25-18(12-17-5-1-2-9-22-17)24-11-7-20(15-24)6-10-23(19(20)26)14-16-4-3-8-21-13-16/h1-5,8-9,13H,6-7,10-12,14-15H2/t20-/m0/s1. The van der Waals surface area contributed by atoms with Gasteiger partial charge in [-0.15, -0.1) is 0 Å². The molecular formula is C20H22N4O2. The van der Waals surface area contributed by atoms with Crippen LogP contribution in [-0.2, 0) is 22.6 Å². The Balaban J connectivity index is 1.39. The first-order chi connectivity index (χ1) is 12.7. The Morgan fingerprint density at radius 1 is 1.12 bits per heavy atom. The maximum Gasteiger partial charge on any atom is 0.231 e. The van der Waals surface area contributed by atoms with E-state index in [0.29, 0.717) is 26.1 Å². The summed E-state index contributed by atoms with van der Waals surface area (Å²) >= 11 is 0. The molecule has 0 N–H and O–H groups in total. The first-order valence-electron chi connectivity index (χ1n) is 9.02. The average molecular weight is 350 g/mol. The Kier molecular flexibility index (Phi) is 4.41. The van der Waals surface area contributed by atoms with Crippen molar-refractivity contribution in [3.05, 3.63) is 60.2 Å². The molecule has 0 saturated carbocycles. The summed E-state index contributed by atoms with van der Waals surface area (Å²) in [5.74, 6) is 0.230. The smallest absolute Gasteiger partial charge is 0.231 e. The van der Waals surface area contributed by atoms with Gasteiger partial charge < -0.3 is 9.80 Å². The lowest BCUT2D eigenvalue weighted by Crippen LogP contribution is -2.38. The molecule has 4 heterocycles. The van der Waals surface area contributed by atoms with Crippen LogP contribution in [0.2, 0.25) is 0 Å². The van der Waals surface area contributed by atoms with Crippen LogP contribution in [0.25, 0.3) is 0 Å². The van der Waals surface area contributed by atoms with E-state index in [2.05, 4.69) is 9.97 Å². The molecule has 2 aliphatic heterocycles. The molecule has 0 aromatic carbocycles. The second-order valence-corrected chi connectivity index (χ2v) is 7.18. The molecule has 0 unspecified atom stereocenters. The second-order valence-electron chi connectivity index (χ2n) is 7.18. The molecule has 1 spiro atoms. The van der Waals surface area contributed by atoms with Gasteiger partial charge in [-0.1, -0.05) is 12.1 Å². The lowest BCUT2D eigenvalue weighted by Gasteiger charge is -2.23. The van der Waals surface area contributed by atoms with Gasteiger partial charge in [0.15, 0.2) is 0 Å². The number of hydrogen-bond acceptors (Lipinski definition) is 4. The Morgan fingerprint density at radius 3 is 2.77 bits per heavy atom. The number of carbonyl (C=O) groups is 2. The predicted octanol–water partition coefficient (Wildman–Crippen LogP) is 1.67. The minimum atomic E-state index is -0.401. The highest BCUT2D eigenvalue weighted by molar-refractivity contribution is 5.87. The van der Waals surface area contributed by atoms with Crippen LogP contribution >= 0.6 is 0 Å². The SMILES string of the molecule is O=C(Cc1ccccn1)N1CC[C@@]2(CCN(Cc3cccnc3)C2=O)C1. The molecule has 2 fully saturated rings. The maximum atomic E-state index is 13.0. The Morgan fingerprint density at radius 2 is 2.00 bits per heavy atom. The zero-order valence-corrected chi connectivity index (χ0v) is 14.7. The Hall–Kier alpha value is -2.76. The molecule has 0 radical (unpaired) electrons. The van der Waals surface area contributed by atoms with Crippen LogP contribution in [-0.4, -0.2) is 51.2 Å². The van der Waals surface area contributed by atoms with E-state index in [-0.39, 0.29) is 11.8 Å². The molecular weight excluding hydrogens is 328 g/mol. The van der Waals surface area contributed by atoms with E-state index < -0.39 is 5.41 Å². The number of nitrogens with zero attached hydrogens (tertiary/aromatic N) is 4. The number of carbonyl (C=O) groups excluding carboxylic acids is 2. The summed E-state index contributed by atoms with van der Waals surface area (Å²) < 4.78 is 0. The van der Waals surface area contributed by atoms with Gasteiger partial charge in [0.2, 0.25) is 11.8 Å². The molecule has 6 nitrogen and oxygen atoms in total. The zero-order chi connectivity index (χ0) is 18.0. The van der Waals surface area contributed by atoms with Gasteiger partial charge in [-0.25, -0.2) is 0 Å². The lowest BCUT2D eigenvalue weighted by molar-refractivity contribution is -0.136. The first kappa shape index (κ1) is 16.7. The van der Waals surface area contributed by atoms with Gasteiger partial charge in [-0.3, -0.25) is 19.6 Å². The van der Waals surface area contributed by atoms with Crippen LogP contribution in [0.5, 0.6) is 0 Å². The molecule has 1 atom stereocenters. The third-order valence-corrected chi connectivity index (χ3v) is 5.46. The highest BCUT2D eigenvalue weighted by Gasteiger charge is 2.51. The Labute approximate surface area is 152 Å². The van der Waals surface area contributed by atoms with Gasteiger partial charge in [-0.2, -0.15) is 0 Å². The first-order valence-corrected chi connectivity index (χ1v) is 9.02. The fourth-order valence-electron chi connectivity index (χ4n) is 3.99. The van der Waals surface area contributed by atoms with Gasteiger partial charge in [0, 0.05) is 50.5 Å². The van der Waals surface area contributed by atoms with Crippen molar-refractivity contribution in [1.29, 1.82) is 0 Å². The zero-order valence-electron chi connectivity index (χ0n) is 14.7. The second kappa shape index (κ2) is 6.86. The molecule has 6 heteroatoms. The molecule has 134 valence electrons. The van der Waals surface area contributed by atoms with E-state index in [4.69, 9.17) is 0 Å². The minimum Gasteiger partial charge on any atom is -0.341 e. The monoisotopic (exact) mass is 350 g/mol. The van der Waals surface area contributed by atoms with Gasteiger partial charge >= 0.3 is 0 Å². The number of rotatable bonds is 4. The number of pyridine rings is 2. The minimum absolute atomic E-state index is 0.0547. The van der Waals surface area contributed by atoms with Crippen molar-refractivity contribution in [2.45, 2.75) is 25.8 Å². The number of aromatic nitrogens is 2. The molecule has 26 heavy (non-hydrogen) atoms. The van der Waals surface area contributed by atoms with Crippen molar-refractivity contribution < 1.29 is 9.59 Å². The van der Waals surface area contributed by atoms with Gasteiger partial charge in [0.1, 0.15) is 0 Å². The van der Waals surface area contributed by atoms with E-state index in [1.807, 2.05) is 40.1 Å². The molecule has 2 saturated heterocycles. The molecule has 2 amide bonds. The fraction of sp³-hybridized carbons (Fsp3) is 0.400. The number of hydrogen-bond donors (Lipinski definition) is 0. The normalized spacial score (nSPS) is 22.4. The van der Waals surface area contributed by atoms with Crippen molar-refractivity contribution in [2.24, 2.45) is 5.41 Å². The van der Waals surface area contributed by atoms with Crippen molar-refractivity contribution in [3.8, 4) is 0 Å². The summed E-state index contributed by atoms with van der Waals surface area (Å²) in [4.78, 5) is 37.7. The summed E-state index contributed by atoms with van der Waals surface area (Å²) in [5.41, 5.74) is 1.41. The van der Waals surface area contributed by atoms with E-state index in [0.717, 1.165) is 30.6 Å². The lowest BCUT2D eigenvalue weighted by atomic mass is 9.85. The van der Waals surface area contributed by atoms with E-state index in [9.17, 15) is 9.59 Å². The highest BCUT2D eigenvalue weighted by Crippen LogP contribution is 2.41. The van der Waals surface area contributed by atoms with Crippen LogP contribution in [0, 0.1) is 5.41 Å². The van der Waals surface area contributed by atoms with Crippen LogP contribution in [0.1, 0.15) is 24.1 Å². The van der Waals surface area contributed by atoms with E-state index >= 15 is 0 Å². The molecule has 4 rings (SSSR count). The van der Waals surface area contributed by atoms with Crippen molar-refractivity contribution in [3.63, 3.8) is 0 Å². The average Bonchev–Trinajstić information content (AvgIpc) is 3.24. The molecule has 0 aliphatic carbocycles. The summed E-state index contributed by atoms with van der Waals surface area (Å²) in [6, 6.07) is 9.46. The van der Waals surface area contributed by atoms with Gasteiger partial charge in [0.25, 0.3) is 0 Å². The molecule has 2 aromatic heterocycles. The summed E-state index contributed by atoms with van der Waals surface area (Å²) in [7, 11) is 0. The van der Waals surface area contributed by atoms with Crippen LogP contribution in [0.3, 0.4) is 0 Å².